The van der Waals surface area contributed by atoms with Gasteiger partial charge in [0.2, 0.25) is 0 Å². The quantitative estimate of drug-likeness (QED) is 0.611. The molecule has 1 aromatic carbocycles. The van der Waals surface area contributed by atoms with Gasteiger partial charge in [-0.3, -0.25) is 9.48 Å². The molecule has 0 fully saturated rings. The Bertz CT molecular complexity index is 1100. The molecule has 0 aliphatic carbocycles. The minimum Gasteiger partial charge on any atom is -0.383 e. The number of hydrogen-bond acceptors (Lipinski definition) is 4. The van der Waals surface area contributed by atoms with Crippen molar-refractivity contribution in [3.8, 4) is 22.4 Å². The number of carbonyl (C=O) groups excluding carboxylic acids is 1. The standard InChI is InChI=1S/C18H16F5N5O2/c1-27-12(7-25-17(27)16(24)29)10-4-3-9(13(19)14(10)20)11-8-28(5-6-30-2)26-15(11)18(21,22)23/h3-4,7-8H,5-6H2,1-2H3,(H2,24,29). The highest BCUT2D eigenvalue weighted by molar-refractivity contribution is 5.90. The SMILES string of the molecule is COCCn1cc(-c2ccc(-c3cnc(C(N)=O)n3C)c(F)c2F)c(C(F)(F)F)n1. The molecule has 0 aliphatic heterocycles. The molecule has 30 heavy (non-hydrogen) atoms. The summed E-state index contributed by atoms with van der Waals surface area (Å²) in [7, 11) is 2.74. The Balaban J connectivity index is 2.13. The fourth-order valence-electron chi connectivity index (χ4n) is 2.97. The van der Waals surface area contributed by atoms with Crippen LogP contribution in [-0.2, 0) is 24.5 Å². The summed E-state index contributed by atoms with van der Waals surface area (Å²) < 4.78 is 76.7. The van der Waals surface area contributed by atoms with Gasteiger partial charge in [0.15, 0.2) is 23.2 Å². The second-order valence-electron chi connectivity index (χ2n) is 6.32. The summed E-state index contributed by atoms with van der Waals surface area (Å²) in [5, 5.41) is 3.44. The first-order valence-corrected chi connectivity index (χ1v) is 8.50. The molecule has 2 aromatic heterocycles. The number of primary amides is 1. The van der Waals surface area contributed by atoms with Gasteiger partial charge < -0.3 is 15.0 Å². The van der Waals surface area contributed by atoms with Crippen LogP contribution < -0.4 is 5.73 Å². The van der Waals surface area contributed by atoms with Crippen LogP contribution in [0.3, 0.4) is 0 Å². The van der Waals surface area contributed by atoms with E-state index in [4.69, 9.17) is 10.5 Å². The van der Waals surface area contributed by atoms with E-state index in [-0.39, 0.29) is 30.2 Å². The van der Waals surface area contributed by atoms with E-state index in [1.165, 1.54) is 14.2 Å². The molecule has 7 nitrogen and oxygen atoms in total. The first-order valence-electron chi connectivity index (χ1n) is 8.50. The largest absolute Gasteiger partial charge is 0.435 e. The van der Waals surface area contributed by atoms with Crippen molar-refractivity contribution in [3.63, 3.8) is 0 Å². The van der Waals surface area contributed by atoms with Crippen LogP contribution in [0.1, 0.15) is 16.3 Å². The van der Waals surface area contributed by atoms with E-state index in [9.17, 15) is 26.7 Å². The summed E-state index contributed by atoms with van der Waals surface area (Å²) >= 11 is 0. The Morgan fingerprint density at radius 2 is 1.80 bits per heavy atom. The number of halogens is 5. The van der Waals surface area contributed by atoms with Crippen molar-refractivity contribution in [2.45, 2.75) is 12.7 Å². The third-order valence-electron chi connectivity index (χ3n) is 4.41. The average Bonchev–Trinajstić information content (AvgIpc) is 3.26. The fraction of sp³-hybridized carbons (Fsp3) is 0.278. The minimum atomic E-state index is -4.88. The van der Waals surface area contributed by atoms with Crippen molar-refractivity contribution >= 4 is 5.91 Å². The van der Waals surface area contributed by atoms with Crippen LogP contribution in [0.15, 0.2) is 24.5 Å². The first-order chi connectivity index (χ1) is 14.1. The van der Waals surface area contributed by atoms with E-state index in [0.29, 0.717) is 0 Å². The monoisotopic (exact) mass is 429 g/mol. The third-order valence-corrected chi connectivity index (χ3v) is 4.41. The molecule has 0 saturated carbocycles. The van der Waals surface area contributed by atoms with Crippen LogP contribution in [0.2, 0.25) is 0 Å². The highest BCUT2D eigenvalue weighted by atomic mass is 19.4. The number of alkyl halides is 3. The van der Waals surface area contributed by atoms with Gasteiger partial charge in [-0.1, -0.05) is 6.07 Å². The van der Waals surface area contributed by atoms with E-state index < -0.39 is 40.5 Å². The zero-order valence-electron chi connectivity index (χ0n) is 15.8. The van der Waals surface area contributed by atoms with Gasteiger partial charge >= 0.3 is 6.18 Å². The van der Waals surface area contributed by atoms with Crippen molar-refractivity contribution in [1.82, 2.24) is 19.3 Å². The highest BCUT2D eigenvalue weighted by Crippen LogP contribution is 2.39. The van der Waals surface area contributed by atoms with Gasteiger partial charge in [-0.2, -0.15) is 18.3 Å². The Labute approximate surface area is 166 Å². The molecule has 1 amide bonds. The van der Waals surface area contributed by atoms with Crippen molar-refractivity contribution in [2.24, 2.45) is 12.8 Å². The maximum atomic E-state index is 14.8. The van der Waals surface area contributed by atoms with Crippen LogP contribution in [0.25, 0.3) is 22.4 Å². The number of imidazole rings is 1. The lowest BCUT2D eigenvalue weighted by Gasteiger charge is -2.11. The van der Waals surface area contributed by atoms with Gasteiger partial charge in [0.1, 0.15) is 0 Å². The highest BCUT2D eigenvalue weighted by Gasteiger charge is 2.38. The lowest BCUT2D eigenvalue weighted by Crippen LogP contribution is -2.17. The fourth-order valence-corrected chi connectivity index (χ4v) is 2.97. The van der Waals surface area contributed by atoms with Gasteiger partial charge in [0, 0.05) is 37.0 Å². The molecule has 0 spiro atoms. The maximum absolute atomic E-state index is 14.8. The number of rotatable bonds is 6. The number of methoxy groups -OCH3 is 1. The predicted octanol–water partition coefficient (Wildman–Crippen LogP) is 2.99. The predicted molar refractivity (Wildman–Crippen MR) is 95.2 cm³/mol. The summed E-state index contributed by atoms with van der Waals surface area (Å²) in [5.41, 5.74) is 2.33. The van der Waals surface area contributed by atoms with Crippen molar-refractivity contribution in [1.29, 1.82) is 0 Å². The zero-order chi connectivity index (χ0) is 22.2. The number of benzene rings is 1. The number of nitrogens with zero attached hydrogens (tertiary/aromatic N) is 4. The van der Waals surface area contributed by atoms with E-state index >= 15 is 0 Å². The molecule has 12 heteroatoms. The second-order valence-corrected chi connectivity index (χ2v) is 6.32. The molecular weight excluding hydrogens is 413 g/mol. The van der Waals surface area contributed by atoms with E-state index in [2.05, 4.69) is 10.1 Å². The number of nitrogens with two attached hydrogens (primary N) is 1. The summed E-state index contributed by atoms with van der Waals surface area (Å²) in [6.45, 7) is 0.0730. The molecule has 2 N–H and O–H groups in total. The Morgan fingerprint density at radius 1 is 1.17 bits per heavy atom. The van der Waals surface area contributed by atoms with E-state index in [1.807, 2.05) is 0 Å². The lowest BCUT2D eigenvalue weighted by atomic mass is 10.0. The van der Waals surface area contributed by atoms with Gasteiger partial charge in [0.05, 0.1) is 25.0 Å². The number of amides is 1. The lowest BCUT2D eigenvalue weighted by molar-refractivity contribution is -0.141. The Kier molecular flexibility index (Phi) is 5.61. The number of carbonyl (C=O) groups is 1. The maximum Gasteiger partial charge on any atom is 0.435 e. The second kappa shape index (κ2) is 7.86. The van der Waals surface area contributed by atoms with Crippen molar-refractivity contribution in [2.75, 3.05) is 13.7 Å². The summed E-state index contributed by atoms with van der Waals surface area (Å²) in [5.74, 6) is -3.96. The van der Waals surface area contributed by atoms with Crippen LogP contribution in [0.5, 0.6) is 0 Å². The van der Waals surface area contributed by atoms with Gasteiger partial charge in [-0.25, -0.2) is 13.8 Å². The van der Waals surface area contributed by atoms with Gasteiger partial charge in [-0.15, -0.1) is 0 Å². The van der Waals surface area contributed by atoms with E-state index in [1.54, 1.807) is 0 Å². The topological polar surface area (TPSA) is 88.0 Å². The molecular formula is C18H16F5N5O2. The van der Waals surface area contributed by atoms with Crippen LogP contribution in [0, 0.1) is 11.6 Å². The number of aromatic nitrogens is 4. The van der Waals surface area contributed by atoms with Gasteiger partial charge in [0.25, 0.3) is 5.91 Å². The molecule has 0 bridgehead atoms. The molecule has 0 atom stereocenters. The average molecular weight is 429 g/mol. The van der Waals surface area contributed by atoms with Crippen LogP contribution in [-0.4, -0.2) is 39.0 Å². The smallest absolute Gasteiger partial charge is 0.383 e. The Morgan fingerprint density at radius 3 is 2.37 bits per heavy atom. The Hall–Kier alpha value is -3.28. The molecule has 0 unspecified atom stereocenters. The molecule has 0 aliphatic rings. The van der Waals surface area contributed by atoms with Crippen LogP contribution in [0.4, 0.5) is 22.0 Å². The van der Waals surface area contributed by atoms with Crippen molar-refractivity contribution < 1.29 is 31.5 Å². The van der Waals surface area contributed by atoms with Crippen molar-refractivity contribution in [3.05, 3.63) is 47.7 Å². The summed E-state index contributed by atoms with van der Waals surface area (Å²) in [6, 6.07) is 2.11. The summed E-state index contributed by atoms with van der Waals surface area (Å²) in [6.07, 6.45) is -2.79. The minimum absolute atomic E-state index is 0.00726. The molecule has 2 heterocycles. The molecule has 3 aromatic rings. The zero-order valence-corrected chi connectivity index (χ0v) is 15.8. The number of ether oxygens (including phenoxy) is 1. The number of hydrogen-bond donors (Lipinski definition) is 1. The van der Waals surface area contributed by atoms with E-state index in [0.717, 1.165) is 33.8 Å². The normalized spacial score (nSPS) is 11.8. The molecule has 160 valence electrons. The molecule has 3 rings (SSSR count). The first kappa shape index (κ1) is 21.4. The van der Waals surface area contributed by atoms with Crippen LogP contribution >= 0.6 is 0 Å². The van der Waals surface area contributed by atoms with Gasteiger partial charge in [-0.05, 0) is 6.07 Å². The third kappa shape index (κ3) is 3.77. The molecule has 0 radical (unpaired) electrons. The summed E-state index contributed by atoms with van der Waals surface area (Å²) in [4.78, 5) is 15.1. The molecule has 0 saturated heterocycles.